The first kappa shape index (κ1) is 26.1. The molecule has 9 nitrogen and oxygen atoms in total. The van der Waals surface area contributed by atoms with E-state index in [-0.39, 0.29) is 12.5 Å². The number of carbonyl (C=O) groups excluding carboxylic acids is 4. The van der Waals surface area contributed by atoms with Crippen LogP contribution in [-0.2, 0) is 19.1 Å². The van der Waals surface area contributed by atoms with Crippen molar-refractivity contribution >= 4 is 51.2 Å². The van der Waals surface area contributed by atoms with E-state index in [9.17, 15) is 19.2 Å². The molecule has 0 unspecified atom stereocenters. The normalized spacial score (nSPS) is 11.3. The van der Waals surface area contributed by atoms with E-state index in [2.05, 4.69) is 32.1 Å². The third-order valence-electron chi connectivity index (χ3n) is 4.20. The van der Waals surface area contributed by atoms with Gasteiger partial charge in [0.15, 0.2) is 13.2 Å². The molecule has 0 aliphatic rings. The van der Waals surface area contributed by atoms with Crippen molar-refractivity contribution in [2.75, 3.05) is 13.2 Å². The Balaban J connectivity index is 1.76. The lowest BCUT2D eigenvalue weighted by Gasteiger charge is -2.21. The monoisotopic (exact) mass is 539 g/mol. The average Bonchev–Trinajstić information content (AvgIpc) is 2.79. The lowest BCUT2D eigenvalue weighted by atomic mass is 10.0. The quantitative estimate of drug-likeness (QED) is 0.332. The van der Waals surface area contributed by atoms with Crippen molar-refractivity contribution in [1.29, 1.82) is 0 Å². The Morgan fingerprint density at radius 1 is 0.939 bits per heavy atom. The highest BCUT2D eigenvalue weighted by atomic mass is 79.9. The lowest BCUT2D eigenvalue weighted by Crippen LogP contribution is -2.48. The zero-order valence-corrected chi connectivity index (χ0v) is 20.2. The van der Waals surface area contributed by atoms with E-state index < -0.39 is 36.3 Å². The molecule has 0 bridgehead atoms. The number of carbonyl (C=O) groups is 4. The Hall–Kier alpha value is -3.11. The molecule has 11 heteroatoms. The van der Waals surface area contributed by atoms with E-state index in [4.69, 9.17) is 21.1 Å². The average molecular weight is 541 g/mol. The zero-order valence-electron chi connectivity index (χ0n) is 17.9. The second kappa shape index (κ2) is 12.8. The molecule has 0 aliphatic heterocycles. The standard InChI is InChI=1S/C22H23BrClN3O6/c1-13(2)20(25-21(30)16-5-3-4-6-17(16)23)22(31)33-12-19(29)27-26-18(28)11-32-15-9-7-14(24)8-10-15/h3-10,13,20H,11-12H2,1-2H3,(H,25,30)(H,26,28)(H,27,29)/t20-/m0/s1. The third kappa shape index (κ3) is 8.74. The maximum Gasteiger partial charge on any atom is 0.329 e. The van der Waals surface area contributed by atoms with Crippen molar-refractivity contribution in [2.24, 2.45) is 5.92 Å². The number of halogens is 2. The van der Waals surface area contributed by atoms with Crippen molar-refractivity contribution < 1.29 is 28.7 Å². The van der Waals surface area contributed by atoms with Crippen LogP contribution in [0.5, 0.6) is 5.75 Å². The van der Waals surface area contributed by atoms with Gasteiger partial charge in [-0.15, -0.1) is 0 Å². The third-order valence-corrected chi connectivity index (χ3v) is 5.14. The number of ether oxygens (including phenoxy) is 2. The van der Waals surface area contributed by atoms with E-state index in [1.807, 2.05) is 0 Å². The molecular formula is C22H23BrClN3O6. The zero-order chi connectivity index (χ0) is 24.4. The second-order valence-corrected chi connectivity index (χ2v) is 8.41. The van der Waals surface area contributed by atoms with Crippen molar-refractivity contribution in [2.45, 2.75) is 19.9 Å². The fourth-order valence-corrected chi connectivity index (χ4v) is 3.07. The molecule has 1 atom stereocenters. The largest absolute Gasteiger partial charge is 0.484 e. The first-order valence-electron chi connectivity index (χ1n) is 9.85. The van der Waals surface area contributed by atoms with Crippen LogP contribution in [0.4, 0.5) is 0 Å². The van der Waals surface area contributed by atoms with Gasteiger partial charge < -0.3 is 14.8 Å². The van der Waals surface area contributed by atoms with Crippen LogP contribution >= 0.6 is 27.5 Å². The number of benzene rings is 2. The van der Waals surface area contributed by atoms with Gasteiger partial charge in [-0.05, 0) is 58.2 Å². The van der Waals surface area contributed by atoms with Crippen LogP contribution in [-0.4, -0.2) is 42.9 Å². The Morgan fingerprint density at radius 3 is 2.15 bits per heavy atom. The minimum absolute atomic E-state index is 0.295. The molecule has 0 spiro atoms. The van der Waals surface area contributed by atoms with Gasteiger partial charge in [-0.3, -0.25) is 25.2 Å². The smallest absolute Gasteiger partial charge is 0.329 e. The summed E-state index contributed by atoms with van der Waals surface area (Å²) in [7, 11) is 0. The van der Waals surface area contributed by atoms with Crippen molar-refractivity contribution in [3.63, 3.8) is 0 Å². The first-order valence-corrected chi connectivity index (χ1v) is 11.0. The van der Waals surface area contributed by atoms with Gasteiger partial charge in [-0.1, -0.05) is 37.6 Å². The van der Waals surface area contributed by atoms with Crippen LogP contribution in [0.2, 0.25) is 5.02 Å². The van der Waals surface area contributed by atoms with Crippen LogP contribution in [0, 0.1) is 5.92 Å². The van der Waals surface area contributed by atoms with Crippen LogP contribution in [0.25, 0.3) is 0 Å². The molecule has 0 saturated heterocycles. The summed E-state index contributed by atoms with van der Waals surface area (Å²) in [5.74, 6) is -2.49. The molecule has 2 aromatic rings. The minimum atomic E-state index is -0.972. The summed E-state index contributed by atoms with van der Waals surface area (Å²) in [6.07, 6.45) is 0. The highest BCUT2D eigenvalue weighted by molar-refractivity contribution is 9.10. The molecule has 3 amide bonds. The molecule has 176 valence electrons. The van der Waals surface area contributed by atoms with Gasteiger partial charge in [0.05, 0.1) is 5.56 Å². The predicted molar refractivity (Wildman–Crippen MR) is 124 cm³/mol. The van der Waals surface area contributed by atoms with Crippen molar-refractivity contribution in [3.05, 3.63) is 63.6 Å². The maximum absolute atomic E-state index is 12.5. The van der Waals surface area contributed by atoms with Crippen LogP contribution in [0.15, 0.2) is 53.0 Å². The molecule has 0 radical (unpaired) electrons. The number of rotatable bonds is 9. The van der Waals surface area contributed by atoms with E-state index in [0.717, 1.165) is 0 Å². The SMILES string of the molecule is CC(C)[C@H](NC(=O)c1ccccc1Br)C(=O)OCC(=O)NNC(=O)COc1ccc(Cl)cc1. The van der Waals surface area contributed by atoms with Gasteiger partial charge in [0.2, 0.25) is 0 Å². The molecule has 0 fully saturated rings. The summed E-state index contributed by atoms with van der Waals surface area (Å²) >= 11 is 9.05. The number of esters is 1. The molecule has 0 aromatic heterocycles. The number of nitrogens with one attached hydrogen (secondary N) is 3. The topological polar surface area (TPSA) is 123 Å². The summed E-state index contributed by atoms with van der Waals surface area (Å²) in [6, 6.07) is 12.2. The Kier molecular flexibility index (Phi) is 10.1. The summed E-state index contributed by atoms with van der Waals surface area (Å²) in [5.41, 5.74) is 4.62. The first-order chi connectivity index (χ1) is 15.7. The number of amides is 3. The molecular weight excluding hydrogens is 518 g/mol. The Bertz CT molecular complexity index is 1000. The fourth-order valence-electron chi connectivity index (χ4n) is 2.48. The summed E-state index contributed by atoms with van der Waals surface area (Å²) in [6.45, 7) is 2.46. The van der Waals surface area contributed by atoms with Crippen molar-refractivity contribution in [3.8, 4) is 5.75 Å². The van der Waals surface area contributed by atoms with Crippen molar-refractivity contribution in [1.82, 2.24) is 16.2 Å². The maximum atomic E-state index is 12.5. The summed E-state index contributed by atoms with van der Waals surface area (Å²) < 4.78 is 10.8. The number of hydrogen-bond donors (Lipinski definition) is 3. The molecule has 0 saturated carbocycles. The molecule has 2 rings (SSSR count). The highest BCUT2D eigenvalue weighted by Crippen LogP contribution is 2.17. The number of hydrogen-bond acceptors (Lipinski definition) is 6. The van der Waals surface area contributed by atoms with E-state index in [1.165, 1.54) is 0 Å². The molecule has 3 N–H and O–H groups in total. The Morgan fingerprint density at radius 2 is 1.55 bits per heavy atom. The van der Waals surface area contributed by atoms with Crippen LogP contribution in [0.1, 0.15) is 24.2 Å². The minimum Gasteiger partial charge on any atom is -0.484 e. The predicted octanol–water partition coefficient (Wildman–Crippen LogP) is 2.63. The lowest BCUT2D eigenvalue weighted by molar-refractivity contribution is -0.151. The van der Waals surface area contributed by atoms with Crippen LogP contribution < -0.4 is 20.9 Å². The van der Waals surface area contributed by atoms with E-state index in [0.29, 0.717) is 20.8 Å². The fraction of sp³-hybridized carbons (Fsp3) is 0.273. The van der Waals surface area contributed by atoms with Gasteiger partial charge in [-0.2, -0.15) is 0 Å². The summed E-state index contributed by atoms with van der Waals surface area (Å²) in [4.78, 5) is 48.6. The molecule has 0 aliphatic carbocycles. The van der Waals surface area contributed by atoms with Gasteiger partial charge in [-0.25, -0.2) is 4.79 Å². The van der Waals surface area contributed by atoms with Gasteiger partial charge in [0.25, 0.3) is 17.7 Å². The highest BCUT2D eigenvalue weighted by Gasteiger charge is 2.27. The van der Waals surface area contributed by atoms with Gasteiger partial charge in [0, 0.05) is 9.50 Å². The summed E-state index contributed by atoms with van der Waals surface area (Å²) in [5, 5.41) is 3.14. The van der Waals surface area contributed by atoms with E-state index in [1.54, 1.807) is 62.4 Å². The molecule has 2 aromatic carbocycles. The number of hydrazine groups is 1. The van der Waals surface area contributed by atoms with Gasteiger partial charge in [0.1, 0.15) is 11.8 Å². The molecule has 0 heterocycles. The molecule has 33 heavy (non-hydrogen) atoms. The second-order valence-electron chi connectivity index (χ2n) is 7.12. The van der Waals surface area contributed by atoms with Gasteiger partial charge >= 0.3 is 5.97 Å². The Labute approximate surface area is 204 Å². The van der Waals surface area contributed by atoms with E-state index >= 15 is 0 Å². The van der Waals surface area contributed by atoms with Crippen LogP contribution in [0.3, 0.4) is 0 Å².